The number of ether oxygens (including phenoxy) is 1. The van der Waals surface area contributed by atoms with Gasteiger partial charge in [0.05, 0.1) is 0 Å². The summed E-state index contributed by atoms with van der Waals surface area (Å²) in [5, 5.41) is 7.47. The molecule has 0 aliphatic rings. The highest BCUT2D eigenvalue weighted by Crippen LogP contribution is 2.31. The van der Waals surface area contributed by atoms with Crippen LogP contribution in [0.4, 0.5) is 17.6 Å². The van der Waals surface area contributed by atoms with Crippen molar-refractivity contribution >= 4 is 5.97 Å². The monoisotopic (exact) mass is 367 g/mol. The molecule has 134 valence electrons. The predicted octanol–water partition coefficient (Wildman–Crippen LogP) is 3.71. The number of aromatic nitrogens is 3. The number of hydrogen-bond donors (Lipinski definition) is 0. The van der Waals surface area contributed by atoms with Crippen molar-refractivity contribution in [3.63, 3.8) is 0 Å². The largest absolute Gasteiger partial charge is 0.491 e. The summed E-state index contributed by atoms with van der Waals surface area (Å²) < 4.78 is 60.2. The first-order chi connectivity index (χ1) is 12.3. The summed E-state index contributed by atoms with van der Waals surface area (Å²) >= 11 is 0. The van der Waals surface area contributed by atoms with E-state index in [1.54, 1.807) is 6.92 Å². The third-order valence-electron chi connectivity index (χ3n) is 3.28. The molecule has 0 aliphatic carbocycles. The predicted molar refractivity (Wildman–Crippen MR) is 79.4 cm³/mol. The molecule has 0 N–H and O–H groups in total. The Morgan fingerprint density at radius 1 is 1.12 bits per heavy atom. The molecule has 26 heavy (non-hydrogen) atoms. The highest BCUT2D eigenvalue weighted by atomic mass is 19.4. The average molecular weight is 367 g/mol. The van der Waals surface area contributed by atoms with Gasteiger partial charge in [0, 0.05) is 11.8 Å². The number of rotatable bonds is 3. The molecule has 0 unspecified atom stereocenters. The Kier molecular flexibility index (Phi) is 4.41. The minimum Gasteiger partial charge on any atom is -0.416 e. The molecule has 3 rings (SSSR count). The third-order valence-corrected chi connectivity index (χ3v) is 3.28. The van der Waals surface area contributed by atoms with Crippen molar-refractivity contribution in [1.29, 1.82) is 0 Å². The molecule has 0 amide bonds. The summed E-state index contributed by atoms with van der Waals surface area (Å²) in [6, 6.07) is 6.63. The van der Waals surface area contributed by atoms with Crippen LogP contribution in [0.15, 0.2) is 40.9 Å². The number of aryl methyl sites for hydroxylation is 1. The van der Waals surface area contributed by atoms with Crippen LogP contribution in [-0.2, 0) is 4.79 Å². The van der Waals surface area contributed by atoms with E-state index in [2.05, 4.69) is 19.9 Å². The molecule has 2 aromatic heterocycles. The minimum atomic E-state index is -5.19. The number of carbonyl (C=O) groups excluding carboxylic acids is 1. The zero-order valence-electron chi connectivity index (χ0n) is 13.0. The van der Waals surface area contributed by atoms with Gasteiger partial charge in [-0.3, -0.25) is 0 Å². The van der Waals surface area contributed by atoms with Crippen LogP contribution < -0.4 is 4.74 Å². The fraction of sp³-hybridized carbons (Fsp3) is 0.125. The van der Waals surface area contributed by atoms with Crippen LogP contribution in [0, 0.1) is 12.7 Å². The van der Waals surface area contributed by atoms with E-state index in [1.165, 1.54) is 30.3 Å². The molecule has 0 saturated heterocycles. The molecule has 0 saturated carbocycles. The zero-order valence-corrected chi connectivity index (χ0v) is 13.0. The molecular formula is C16H9F4N3O3. The molecule has 0 bridgehead atoms. The van der Waals surface area contributed by atoms with Gasteiger partial charge in [-0.05, 0) is 36.8 Å². The number of alkyl halides is 3. The first-order valence-corrected chi connectivity index (χ1v) is 7.10. The van der Waals surface area contributed by atoms with Gasteiger partial charge in [0.1, 0.15) is 11.4 Å². The Morgan fingerprint density at radius 2 is 1.81 bits per heavy atom. The summed E-state index contributed by atoms with van der Waals surface area (Å²) in [5.41, 5.74) is 0.857. The zero-order chi connectivity index (χ0) is 18.9. The van der Waals surface area contributed by atoms with E-state index in [4.69, 9.17) is 4.42 Å². The first-order valence-electron chi connectivity index (χ1n) is 7.10. The summed E-state index contributed by atoms with van der Waals surface area (Å²) in [4.78, 5) is 14.6. The van der Waals surface area contributed by atoms with Crippen molar-refractivity contribution in [3.8, 4) is 28.8 Å². The highest BCUT2D eigenvalue weighted by Gasteiger charge is 2.42. The van der Waals surface area contributed by atoms with Crippen molar-refractivity contribution in [2.75, 3.05) is 0 Å². The van der Waals surface area contributed by atoms with Crippen molar-refractivity contribution in [1.82, 2.24) is 15.2 Å². The lowest BCUT2D eigenvalue weighted by Gasteiger charge is -2.07. The van der Waals surface area contributed by atoms with Gasteiger partial charge in [0.25, 0.3) is 5.89 Å². The molecule has 6 nitrogen and oxygen atoms in total. The SMILES string of the molecule is Cc1ccc(F)cc1-c1nnc(-c2cccnc2OC(=O)C(F)(F)F)o1. The standard InChI is InChI=1S/C16H9F4N3O3/c1-8-4-5-9(17)7-11(8)14-23-22-13(25-14)10-3-2-6-21-12(10)26-15(24)16(18,19)20/h2-7H,1H3. The van der Waals surface area contributed by atoms with Gasteiger partial charge in [-0.1, -0.05) is 6.07 Å². The molecule has 1 aromatic carbocycles. The van der Waals surface area contributed by atoms with E-state index in [0.29, 0.717) is 11.1 Å². The second-order valence-corrected chi connectivity index (χ2v) is 5.12. The molecule has 0 atom stereocenters. The number of nitrogens with zero attached hydrogens (tertiary/aromatic N) is 3. The maximum absolute atomic E-state index is 13.4. The van der Waals surface area contributed by atoms with E-state index >= 15 is 0 Å². The van der Waals surface area contributed by atoms with E-state index < -0.39 is 23.8 Å². The van der Waals surface area contributed by atoms with Gasteiger partial charge in [0.2, 0.25) is 11.8 Å². The van der Waals surface area contributed by atoms with Crippen LogP contribution in [0.1, 0.15) is 5.56 Å². The van der Waals surface area contributed by atoms with Crippen LogP contribution in [0.25, 0.3) is 22.9 Å². The second kappa shape index (κ2) is 6.54. The quantitative estimate of drug-likeness (QED) is 0.519. The smallest absolute Gasteiger partial charge is 0.416 e. The summed E-state index contributed by atoms with van der Waals surface area (Å²) in [7, 11) is 0. The molecule has 2 heterocycles. The Balaban J connectivity index is 1.98. The van der Waals surface area contributed by atoms with Crippen molar-refractivity contribution in [2.24, 2.45) is 0 Å². The van der Waals surface area contributed by atoms with Crippen LogP contribution in [0.5, 0.6) is 5.88 Å². The summed E-state index contributed by atoms with van der Waals surface area (Å²) in [6.45, 7) is 1.69. The molecule has 0 fully saturated rings. The molecule has 10 heteroatoms. The van der Waals surface area contributed by atoms with Crippen molar-refractivity contribution in [3.05, 3.63) is 47.9 Å². The van der Waals surface area contributed by atoms with Gasteiger partial charge < -0.3 is 9.15 Å². The number of halogens is 4. The average Bonchev–Trinajstić information content (AvgIpc) is 3.06. The van der Waals surface area contributed by atoms with Crippen molar-refractivity contribution in [2.45, 2.75) is 13.1 Å². The highest BCUT2D eigenvalue weighted by molar-refractivity contribution is 5.79. The van der Waals surface area contributed by atoms with Gasteiger partial charge in [-0.2, -0.15) is 13.2 Å². The van der Waals surface area contributed by atoms with E-state index in [1.807, 2.05) is 0 Å². The van der Waals surface area contributed by atoms with Gasteiger partial charge in [-0.25, -0.2) is 14.2 Å². The van der Waals surface area contributed by atoms with Crippen LogP contribution in [-0.4, -0.2) is 27.3 Å². The number of pyridine rings is 1. The van der Waals surface area contributed by atoms with Gasteiger partial charge in [0.15, 0.2) is 0 Å². The number of hydrogen-bond acceptors (Lipinski definition) is 6. The number of benzene rings is 1. The fourth-order valence-electron chi connectivity index (χ4n) is 2.05. The summed E-state index contributed by atoms with van der Waals surface area (Å²) in [5.74, 6) is -3.87. The number of esters is 1. The number of carbonyl (C=O) groups is 1. The van der Waals surface area contributed by atoms with Gasteiger partial charge in [-0.15, -0.1) is 10.2 Å². The molecule has 3 aromatic rings. The Morgan fingerprint density at radius 3 is 2.50 bits per heavy atom. The maximum Gasteiger partial charge on any atom is 0.491 e. The normalized spacial score (nSPS) is 11.4. The minimum absolute atomic E-state index is 0.0473. The van der Waals surface area contributed by atoms with Crippen molar-refractivity contribution < 1.29 is 31.5 Å². The lowest BCUT2D eigenvalue weighted by Crippen LogP contribution is -2.28. The fourth-order valence-corrected chi connectivity index (χ4v) is 2.05. The maximum atomic E-state index is 13.4. The third kappa shape index (κ3) is 3.53. The Bertz CT molecular complexity index is 969. The van der Waals surface area contributed by atoms with Gasteiger partial charge >= 0.3 is 12.1 Å². The lowest BCUT2D eigenvalue weighted by atomic mass is 10.1. The second-order valence-electron chi connectivity index (χ2n) is 5.12. The Labute approximate surface area is 143 Å². The topological polar surface area (TPSA) is 78.1 Å². The van der Waals surface area contributed by atoms with Crippen LogP contribution in [0.2, 0.25) is 0 Å². The first kappa shape index (κ1) is 17.5. The van der Waals surface area contributed by atoms with Crippen LogP contribution >= 0.6 is 0 Å². The van der Waals surface area contributed by atoms with E-state index in [9.17, 15) is 22.4 Å². The molecule has 0 aliphatic heterocycles. The molecular weight excluding hydrogens is 358 g/mol. The van der Waals surface area contributed by atoms with E-state index in [0.717, 1.165) is 6.20 Å². The summed E-state index contributed by atoms with van der Waals surface area (Å²) in [6.07, 6.45) is -4.05. The van der Waals surface area contributed by atoms with E-state index in [-0.39, 0.29) is 17.3 Å². The van der Waals surface area contributed by atoms with Crippen LogP contribution in [0.3, 0.4) is 0 Å². The molecule has 0 radical (unpaired) electrons. The Hall–Kier alpha value is -3.30. The lowest BCUT2D eigenvalue weighted by molar-refractivity contribution is -0.189. The molecule has 0 spiro atoms.